The van der Waals surface area contributed by atoms with Crippen LogP contribution >= 0.6 is 11.6 Å². The van der Waals surface area contributed by atoms with Crippen LogP contribution in [0.2, 0.25) is 5.02 Å². The Morgan fingerprint density at radius 3 is 2.79 bits per heavy atom. The van der Waals surface area contributed by atoms with E-state index >= 15 is 0 Å². The molecule has 0 amide bonds. The zero-order chi connectivity index (χ0) is 10.1. The van der Waals surface area contributed by atoms with Crippen LogP contribution in [0.3, 0.4) is 0 Å². The first-order valence-electron chi connectivity index (χ1n) is 4.08. The molecule has 0 saturated heterocycles. The van der Waals surface area contributed by atoms with Crippen LogP contribution < -0.4 is 5.73 Å². The van der Waals surface area contributed by atoms with Crippen molar-refractivity contribution in [3.05, 3.63) is 29.4 Å². The third-order valence-electron chi connectivity index (χ3n) is 1.98. The lowest BCUT2D eigenvalue weighted by atomic mass is 10.1. The molecule has 0 aliphatic rings. The topological polar surface area (TPSA) is 56.7 Å². The second-order valence-electron chi connectivity index (χ2n) is 2.98. The summed E-state index contributed by atoms with van der Waals surface area (Å²) in [6.45, 7) is 0. The van der Waals surface area contributed by atoms with Gasteiger partial charge in [-0.15, -0.1) is 5.10 Å². The zero-order valence-corrected chi connectivity index (χ0v) is 8.36. The summed E-state index contributed by atoms with van der Waals surface area (Å²) in [5.74, 6) is 0. The van der Waals surface area contributed by atoms with Gasteiger partial charge in [0.1, 0.15) is 0 Å². The number of nitrogen functional groups attached to an aromatic ring is 1. The maximum absolute atomic E-state index is 6.04. The van der Waals surface area contributed by atoms with Gasteiger partial charge in [0.05, 0.1) is 16.9 Å². The Balaban J connectivity index is 2.58. The van der Waals surface area contributed by atoms with E-state index in [0.717, 1.165) is 11.3 Å². The molecule has 0 bridgehead atoms. The molecule has 0 aliphatic heterocycles. The molecule has 2 N–H and O–H groups in total. The van der Waals surface area contributed by atoms with Crippen LogP contribution in [-0.2, 0) is 7.05 Å². The largest absolute Gasteiger partial charge is 0.399 e. The molecule has 72 valence electrons. The van der Waals surface area contributed by atoms with Gasteiger partial charge in [-0.1, -0.05) is 16.8 Å². The van der Waals surface area contributed by atoms with Crippen molar-refractivity contribution in [3.63, 3.8) is 0 Å². The lowest BCUT2D eigenvalue weighted by Gasteiger charge is -2.04. The number of anilines is 1. The van der Waals surface area contributed by atoms with Crippen molar-refractivity contribution in [2.24, 2.45) is 7.05 Å². The van der Waals surface area contributed by atoms with Crippen molar-refractivity contribution in [1.82, 2.24) is 15.0 Å². The number of hydrogen-bond donors (Lipinski definition) is 1. The molecule has 2 rings (SSSR count). The molecule has 0 fully saturated rings. The summed E-state index contributed by atoms with van der Waals surface area (Å²) in [4.78, 5) is 0. The Labute approximate surface area is 86.3 Å². The van der Waals surface area contributed by atoms with E-state index in [1.54, 1.807) is 23.0 Å². The zero-order valence-electron chi connectivity index (χ0n) is 7.61. The third-order valence-corrected chi connectivity index (χ3v) is 2.30. The molecule has 1 heterocycles. The van der Waals surface area contributed by atoms with Gasteiger partial charge in [0.15, 0.2) is 0 Å². The normalized spacial score (nSPS) is 10.4. The molecule has 4 nitrogen and oxygen atoms in total. The summed E-state index contributed by atoms with van der Waals surface area (Å²) < 4.78 is 1.66. The summed E-state index contributed by atoms with van der Waals surface area (Å²) in [6.07, 6.45) is 1.66. The lowest BCUT2D eigenvalue weighted by molar-refractivity contribution is 0.720. The van der Waals surface area contributed by atoms with E-state index in [1.165, 1.54) is 0 Å². The van der Waals surface area contributed by atoms with Gasteiger partial charge in [0.2, 0.25) is 0 Å². The number of aryl methyl sites for hydroxylation is 1. The monoisotopic (exact) mass is 208 g/mol. The highest BCUT2D eigenvalue weighted by Crippen LogP contribution is 2.28. The van der Waals surface area contributed by atoms with Crippen LogP contribution in [0.25, 0.3) is 11.3 Å². The molecule has 2 aromatic rings. The van der Waals surface area contributed by atoms with Crippen molar-refractivity contribution in [1.29, 1.82) is 0 Å². The first-order chi connectivity index (χ1) is 6.68. The summed E-state index contributed by atoms with van der Waals surface area (Å²) in [5.41, 5.74) is 8.00. The molecule has 1 aromatic heterocycles. The minimum atomic E-state index is 0.607. The Morgan fingerprint density at radius 1 is 1.43 bits per heavy atom. The van der Waals surface area contributed by atoms with E-state index in [-0.39, 0.29) is 0 Å². The average molecular weight is 209 g/mol. The molecule has 0 radical (unpaired) electrons. The number of nitrogens with zero attached hydrogens (tertiary/aromatic N) is 3. The molecule has 14 heavy (non-hydrogen) atoms. The van der Waals surface area contributed by atoms with Crippen molar-refractivity contribution in [2.45, 2.75) is 0 Å². The maximum Gasteiger partial charge on any atom is 0.0897 e. The number of hydrogen-bond acceptors (Lipinski definition) is 3. The first kappa shape index (κ1) is 9.02. The number of nitrogens with two attached hydrogens (primary N) is 1. The number of halogens is 1. The van der Waals surface area contributed by atoms with Crippen molar-refractivity contribution in [2.75, 3.05) is 5.73 Å². The highest BCUT2D eigenvalue weighted by atomic mass is 35.5. The SMILES string of the molecule is Cn1nncc1-c1ccc(N)cc1Cl. The van der Waals surface area contributed by atoms with Crippen molar-refractivity contribution < 1.29 is 0 Å². The second kappa shape index (κ2) is 3.31. The van der Waals surface area contributed by atoms with Crippen LogP contribution in [-0.4, -0.2) is 15.0 Å². The van der Waals surface area contributed by atoms with Crippen LogP contribution in [0.4, 0.5) is 5.69 Å². The smallest absolute Gasteiger partial charge is 0.0897 e. The lowest BCUT2D eigenvalue weighted by Crippen LogP contribution is -1.94. The quantitative estimate of drug-likeness (QED) is 0.726. The van der Waals surface area contributed by atoms with E-state index in [4.69, 9.17) is 17.3 Å². The van der Waals surface area contributed by atoms with Crippen LogP contribution in [0.15, 0.2) is 24.4 Å². The Bertz CT molecular complexity index is 464. The second-order valence-corrected chi connectivity index (χ2v) is 3.39. The van der Waals surface area contributed by atoms with Crippen LogP contribution in [0, 0.1) is 0 Å². The molecule has 1 aromatic carbocycles. The molecule has 5 heteroatoms. The van der Waals surface area contributed by atoms with E-state index in [0.29, 0.717) is 10.7 Å². The molecule has 0 aliphatic carbocycles. The highest BCUT2D eigenvalue weighted by Gasteiger charge is 2.07. The van der Waals surface area contributed by atoms with Gasteiger partial charge in [-0.25, -0.2) is 4.68 Å². The average Bonchev–Trinajstić information content (AvgIpc) is 2.52. The van der Waals surface area contributed by atoms with E-state index < -0.39 is 0 Å². The Kier molecular flexibility index (Phi) is 2.13. The van der Waals surface area contributed by atoms with Crippen molar-refractivity contribution in [3.8, 4) is 11.3 Å². The molecule has 0 spiro atoms. The summed E-state index contributed by atoms with van der Waals surface area (Å²) in [7, 11) is 1.81. The van der Waals surface area contributed by atoms with E-state index in [1.807, 2.05) is 13.1 Å². The summed E-state index contributed by atoms with van der Waals surface area (Å²) >= 11 is 6.04. The maximum atomic E-state index is 6.04. The van der Waals surface area contributed by atoms with Gasteiger partial charge in [-0.2, -0.15) is 0 Å². The van der Waals surface area contributed by atoms with Gasteiger partial charge in [-0.05, 0) is 18.2 Å². The number of rotatable bonds is 1. The molecule has 0 unspecified atom stereocenters. The van der Waals surface area contributed by atoms with Crippen LogP contribution in [0.1, 0.15) is 0 Å². The van der Waals surface area contributed by atoms with Crippen molar-refractivity contribution >= 4 is 17.3 Å². The predicted octanol–water partition coefficient (Wildman–Crippen LogP) is 1.72. The van der Waals surface area contributed by atoms with E-state index in [9.17, 15) is 0 Å². The Morgan fingerprint density at radius 2 is 2.21 bits per heavy atom. The fourth-order valence-electron chi connectivity index (χ4n) is 1.27. The molecular weight excluding hydrogens is 200 g/mol. The van der Waals surface area contributed by atoms with Gasteiger partial charge in [-0.3, -0.25) is 0 Å². The number of aromatic nitrogens is 3. The van der Waals surface area contributed by atoms with Gasteiger partial charge < -0.3 is 5.73 Å². The highest BCUT2D eigenvalue weighted by molar-refractivity contribution is 6.33. The molecule has 0 saturated carbocycles. The predicted molar refractivity (Wildman–Crippen MR) is 55.9 cm³/mol. The molecule has 0 atom stereocenters. The summed E-state index contributed by atoms with van der Waals surface area (Å²) in [6, 6.07) is 5.37. The minimum absolute atomic E-state index is 0.607. The fourth-order valence-corrected chi connectivity index (χ4v) is 1.56. The van der Waals surface area contributed by atoms with E-state index in [2.05, 4.69) is 10.3 Å². The van der Waals surface area contributed by atoms with Crippen LogP contribution in [0.5, 0.6) is 0 Å². The van der Waals surface area contributed by atoms with Gasteiger partial charge >= 0.3 is 0 Å². The first-order valence-corrected chi connectivity index (χ1v) is 4.46. The summed E-state index contributed by atoms with van der Waals surface area (Å²) in [5, 5.41) is 8.22. The van der Waals surface area contributed by atoms with Gasteiger partial charge in [0, 0.05) is 18.3 Å². The van der Waals surface area contributed by atoms with Gasteiger partial charge in [0.25, 0.3) is 0 Å². The number of benzene rings is 1. The molecular formula is C9H9ClN4. The third kappa shape index (κ3) is 1.44. The minimum Gasteiger partial charge on any atom is -0.399 e. The fraction of sp³-hybridized carbons (Fsp3) is 0.111. The Hall–Kier alpha value is -1.55. The standard InChI is InChI=1S/C9H9ClN4/c1-14-9(5-12-13-14)7-3-2-6(11)4-8(7)10/h2-5H,11H2,1H3.